The van der Waals surface area contributed by atoms with Crippen molar-refractivity contribution in [3.05, 3.63) is 78.0 Å². The number of rotatable bonds is 4. The highest BCUT2D eigenvalue weighted by atomic mass is 19.1. The molecule has 0 aliphatic rings. The average Bonchev–Trinajstić information content (AvgIpc) is 2.61. The fourth-order valence-electron chi connectivity index (χ4n) is 2.70. The Hall–Kier alpha value is -3.28. The van der Waals surface area contributed by atoms with E-state index in [2.05, 4.69) is 47.4 Å². The lowest BCUT2D eigenvalue weighted by Gasteiger charge is -2.23. The normalized spacial score (nSPS) is 11.1. The molecular weight excluding hydrogens is 343 g/mol. The van der Waals surface area contributed by atoms with Gasteiger partial charge in [0, 0.05) is 17.4 Å². The Morgan fingerprint density at radius 2 is 1.78 bits per heavy atom. The molecule has 2 aromatic carbocycles. The topological polar surface area (TPSA) is 66.9 Å². The first-order valence-electron chi connectivity index (χ1n) is 8.58. The number of anilines is 3. The van der Waals surface area contributed by atoms with E-state index in [1.54, 1.807) is 12.1 Å². The Kier molecular flexibility index (Phi) is 5.16. The lowest BCUT2D eigenvalue weighted by Crippen LogP contribution is -2.15. The molecule has 3 rings (SSSR count). The number of nitrogens with zero attached hydrogens (tertiary/aromatic N) is 2. The summed E-state index contributed by atoms with van der Waals surface area (Å²) in [4.78, 5) is 20.6. The van der Waals surface area contributed by atoms with E-state index in [1.807, 2.05) is 18.2 Å². The molecule has 0 fully saturated rings. The van der Waals surface area contributed by atoms with E-state index in [0.717, 1.165) is 11.3 Å². The number of carbonyl (C=O) groups excluding carboxylic acids is 1. The first-order valence-corrected chi connectivity index (χ1v) is 8.58. The van der Waals surface area contributed by atoms with Crippen LogP contribution in [0, 0.1) is 5.82 Å². The summed E-state index contributed by atoms with van der Waals surface area (Å²) in [6.07, 6.45) is 1.32. The molecule has 0 aliphatic heterocycles. The maximum Gasteiger partial charge on any atom is 0.274 e. The number of benzene rings is 2. The highest BCUT2D eigenvalue weighted by molar-refractivity contribution is 6.03. The molecule has 1 aromatic heterocycles. The van der Waals surface area contributed by atoms with Gasteiger partial charge in [0.2, 0.25) is 0 Å². The maximum absolute atomic E-state index is 13.3. The zero-order chi connectivity index (χ0) is 19.4. The third kappa shape index (κ3) is 4.67. The quantitative estimate of drug-likeness (QED) is 0.690. The molecule has 0 saturated heterocycles. The fraction of sp³-hybridized carbons (Fsp3) is 0.190. The van der Waals surface area contributed by atoms with E-state index in [0.29, 0.717) is 11.5 Å². The van der Waals surface area contributed by atoms with Gasteiger partial charge in [-0.05, 0) is 35.2 Å². The predicted octanol–water partition coefficient (Wildman–Crippen LogP) is 4.91. The summed E-state index contributed by atoms with van der Waals surface area (Å²) in [5.74, 6) is -0.349. The van der Waals surface area contributed by atoms with Gasteiger partial charge in [-0.1, -0.05) is 45.0 Å². The van der Waals surface area contributed by atoms with Crippen molar-refractivity contribution in [2.24, 2.45) is 0 Å². The fourth-order valence-corrected chi connectivity index (χ4v) is 2.70. The van der Waals surface area contributed by atoms with Gasteiger partial charge in [-0.3, -0.25) is 4.79 Å². The van der Waals surface area contributed by atoms with Crippen LogP contribution in [0.2, 0.25) is 0 Å². The Morgan fingerprint density at radius 3 is 2.52 bits per heavy atom. The molecule has 0 spiro atoms. The van der Waals surface area contributed by atoms with E-state index in [-0.39, 0.29) is 11.1 Å². The molecule has 27 heavy (non-hydrogen) atoms. The summed E-state index contributed by atoms with van der Waals surface area (Å²) < 4.78 is 13.3. The zero-order valence-electron chi connectivity index (χ0n) is 15.5. The summed E-state index contributed by atoms with van der Waals surface area (Å²) in [5, 5.41) is 5.88. The van der Waals surface area contributed by atoms with Crippen molar-refractivity contribution in [1.82, 2.24) is 9.97 Å². The summed E-state index contributed by atoms with van der Waals surface area (Å²) in [5.41, 5.74) is 2.56. The molecule has 2 N–H and O–H groups in total. The van der Waals surface area contributed by atoms with Crippen LogP contribution in [0.25, 0.3) is 0 Å². The molecule has 0 aliphatic carbocycles. The number of carbonyl (C=O) groups is 1. The molecule has 6 heteroatoms. The largest absolute Gasteiger partial charge is 0.340 e. The van der Waals surface area contributed by atoms with Gasteiger partial charge in [-0.15, -0.1) is 0 Å². The van der Waals surface area contributed by atoms with E-state index >= 15 is 0 Å². The highest BCUT2D eigenvalue weighted by Gasteiger charge is 2.18. The molecule has 3 aromatic rings. The smallest absolute Gasteiger partial charge is 0.274 e. The number of hydrogen-bond acceptors (Lipinski definition) is 4. The Morgan fingerprint density at radius 1 is 1.00 bits per heavy atom. The lowest BCUT2D eigenvalue weighted by atomic mass is 9.86. The van der Waals surface area contributed by atoms with Crippen molar-refractivity contribution in [2.75, 3.05) is 10.6 Å². The number of halogens is 1. The number of amides is 1. The molecule has 1 heterocycles. The van der Waals surface area contributed by atoms with Crippen molar-refractivity contribution in [2.45, 2.75) is 26.2 Å². The van der Waals surface area contributed by atoms with Gasteiger partial charge < -0.3 is 10.6 Å². The van der Waals surface area contributed by atoms with Crippen LogP contribution < -0.4 is 10.6 Å². The molecule has 0 saturated carbocycles. The van der Waals surface area contributed by atoms with Crippen LogP contribution in [0.5, 0.6) is 0 Å². The van der Waals surface area contributed by atoms with E-state index < -0.39 is 11.7 Å². The second kappa shape index (κ2) is 7.53. The SMILES string of the molecule is CC(C)(C)c1ccccc1Nc1cc(C(=O)Nc2cccc(F)c2)ncn1. The van der Waals surface area contributed by atoms with Crippen LogP contribution in [-0.4, -0.2) is 15.9 Å². The summed E-state index contributed by atoms with van der Waals surface area (Å²) >= 11 is 0. The van der Waals surface area contributed by atoms with E-state index in [1.165, 1.54) is 24.5 Å². The first kappa shape index (κ1) is 18.5. The minimum atomic E-state index is -0.435. The molecule has 0 unspecified atom stereocenters. The van der Waals surface area contributed by atoms with E-state index in [9.17, 15) is 9.18 Å². The van der Waals surface area contributed by atoms with Crippen LogP contribution in [0.1, 0.15) is 36.8 Å². The van der Waals surface area contributed by atoms with Crippen LogP contribution >= 0.6 is 0 Å². The van der Waals surface area contributed by atoms with Crippen molar-refractivity contribution < 1.29 is 9.18 Å². The summed E-state index contributed by atoms with van der Waals surface area (Å²) in [6, 6.07) is 15.2. The van der Waals surface area contributed by atoms with Gasteiger partial charge >= 0.3 is 0 Å². The number of nitrogens with one attached hydrogen (secondary N) is 2. The van der Waals surface area contributed by atoms with Crippen LogP contribution in [0.15, 0.2) is 60.9 Å². The van der Waals surface area contributed by atoms with Gasteiger partial charge in [-0.2, -0.15) is 0 Å². The van der Waals surface area contributed by atoms with Crippen LogP contribution in [-0.2, 0) is 5.41 Å². The Bertz CT molecular complexity index is 966. The van der Waals surface area contributed by atoms with Crippen molar-refractivity contribution in [3.63, 3.8) is 0 Å². The molecule has 0 bridgehead atoms. The predicted molar refractivity (Wildman–Crippen MR) is 105 cm³/mol. The van der Waals surface area contributed by atoms with Crippen molar-refractivity contribution >= 4 is 23.1 Å². The Labute approximate surface area is 157 Å². The summed E-state index contributed by atoms with van der Waals surface area (Å²) in [7, 11) is 0. The molecular formula is C21H21FN4O. The zero-order valence-corrected chi connectivity index (χ0v) is 15.5. The number of aromatic nitrogens is 2. The van der Waals surface area contributed by atoms with E-state index in [4.69, 9.17) is 0 Å². The minimum absolute atomic E-state index is 0.0474. The highest BCUT2D eigenvalue weighted by Crippen LogP contribution is 2.30. The van der Waals surface area contributed by atoms with Gasteiger partial charge in [0.05, 0.1) is 0 Å². The molecule has 5 nitrogen and oxygen atoms in total. The molecule has 1 amide bonds. The minimum Gasteiger partial charge on any atom is -0.340 e. The molecule has 0 atom stereocenters. The monoisotopic (exact) mass is 364 g/mol. The third-order valence-corrected chi connectivity index (χ3v) is 3.98. The molecule has 138 valence electrons. The lowest BCUT2D eigenvalue weighted by molar-refractivity contribution is 0.102. The van der Waals surface area contributed by atoms with Gasteiger partial charge in [-0.25, -0.2) is 14.4 Å². The average molecular weight is 364 g/mol. The van der Waals surface area contributed by atoms with Gasteiger partial charge in [0.1, 0.15) is 23.7 Å². The maximum atomic E-state index is 13.3. The first-order chi connectivity index (χ1) is 12.8. The number of hydrogen-bond donors (Lipinski definition) is 2. The summed E-state index contributed by atoms with van der Waals surface area (Å²) in [6.45, 7) is 6.39. The second-order valence-corrected chi connectivity index (χ2v) is 7.17. The van der Waals surface area contributed by atoms with Crippen molar-refractivity contribution in [1.29, 1.82) is 0 Å². The number of para-hydroxylation sites is 1. The molecule has 0 radical (unpaired) electrons. The van der Waals surface area contributed by atoms with Gasteiger partial charge in [0.15, 0.2) is 0 Å². The Balaban J connectivity index is 1.81. The standard InChI is InChI=1S/C21H21FN4O/c1-21(2,3)16-9-4-5-10-17(16)26-19-12-18(23-13-24-19)20(27)25-15-8-6-7-14(22)11-15/h4-13H,1-3H3,(H,25,27)(H,23,24,26). The second-order valence-electron chi connectivity index (χ2n) is 7.17. The van der Waals surface area contributed by atoms with Gasteiger partial charge in [0.25, 0.3) is 5.91 Å². The van der Waals surface area contributed by atoms with Crippen LogP contribution in [0.4, 0.5) is 21.6 Å². The van der Waals surface area contributed by atoms with Crippen molar-refractivity contribution in [3.8, 4) is 0 Å². The van der Waals surface area contributed by atoms with Crippen LogP contribution in [0.3, 0.4) is 0 Å². The third-order valence-electron chi connectivity index (χ3n) is 3.98.